The summed E-state index contributed by atoms with van der Waals surface area (Å²) < 4.78 is 6.96. The monoisotopic (exact) mass is 344 g/mol. The molecule has 2 aromatic rings. The summed E-state index contributed by atoms with van der Waals surface area (Å²) in [6.45, 7) is 9.81. The quantitative estimate of drug-likeness (QED) is 0.834. The van der Waals surface area contributed by atoms with E-state index in [1.807, 2.05) is 25.7 Å². The summed E-state index contributed by atoms with van der Waals surface area (Å²) in [6, 6.07) is 5.08. The van der Waals surface area contributed by atoms with Crippen LogP contribution in [0, 0.1) is 20.8 Å². The average Bonchev–Trinajstić information content (AvgIpc) is 2.94. The van der Waals surface area contributed by atoms with E-state index in [9.17, 15) is 9.59 Å². The Balaban J connectivity index is 1.53. The Morgan fingerprint density at radius 2 is 1.84 bits per heavy atom. The van der Waals surface area contributed by atoms with Crippen LogP contribution >= 0.6 is 0 Å². The second-order valence-corrected chi connectivity index (χ2v) is 6.50. The summed E-state index contributed by atoms with van der Waals surface area (Å²) in [7, 11) is 0. The number of hydrogen-bond acceptors (Lipinski definition) is 5. The lowest BCUT2D eigenvalue weighted by atomic mass is 10.2. The Kier molecular flexibility index (Phi) is 5.03. The van der Waals surface area contributed by atoms with Crippen LogP contribution in [0.4, 0.5) is 0 Å². The zero-order valence-corrected chi connectivity index (χ0v) is 15.0. The molecule has 0 saturated carbocycles. The Morgan fingerprint density at radius 1 is 1.12 bits per heavy atom. The highest BCUT2D eigenvalue weighted by atomic mass is 16.3. The third kappa shape index (κ3) is 3.99. The minimum atomic E-state index is -0.0785. The highest BCUT2D eigenvalue weighted by molar-refractivity contribution is 5.95. The maximum absolute atomic E-state index is 12.6. The van der Waals surface area contributed by atoms with E-state index in [2.05, 4.69) is 10.00 Å². The molecule has 2 aromatic heterocycles. The van der Waals surface area contributed by atoms with Crippen molar-refractivity contribution in [3.05, 3.63) is 51.3 Å². The van der Waals surface area contributed by atoms with Crippen molar-refractivity contribution in [2.24, 2.45) is 0 Å². The van der Waals surface area contributed by atoms with Crippen LogP contribution in [0.1, 0.15) is 27.6 Å². The number of carbonyl (C=O) groups excluding carboxylic acids is 1. The van der Waals surface area contributed by atoms with Crippen molar-refractivity contribution >= 4 is 5.91 Å². The van der Waals surface area contributed by atoms with E-state index in [1.54, 1.807) is 18.2 Å². The van der Waals surface area contributed by atoms with Gasteiger partial charge in [-0.05, 0) is 32.9 Å². The van der Waals surface area contributed by atoms with Crippen LogP contribution in [0.15, 0.2) is 27.4 Å². The average molecular weight is 344 g/mol. The molecule has 134 valence electrons. The number of carbonyl (C=O) groups is 1. The van der Waals surface area contributed by atoms with Crippen molar-refractivity contribution in [3.8, 4) is 0 Å². The molecule has 25 heavy (non-hydrogen) atoms. The molecule has 0 atom stereocenters. The maximum atomic E-state index is 12.6. The van der Waals surface area contributed by atoms with Gasteiger partial charge >= 0.3 is 0 Å². The van der Waals surface area contributed by atoms with Gasteiger partial charge in [0.2, 0.25) is 0 Å². The number of amides is 1. The number of hydrogen-bond donors (Lipinski definition) is 0. The second kappa shape index (κ2) is 7.23. The van der Waals surface area contributed by atoms with E-state index >= 15 is 0 Å². The molecule has 1 aliphatic heterocycles. The Labute approximate surface area is 146 Å². The lowest BCUT2D eigenvalue weighted by Crippen LogP contribution is -2.49. The van der Waals surface area contributed by atoms with Crippen molar-refractivity contribution in [2.75, 3.05) is 32.7 Å². The maximum Gasteiger partial charge on any atom is 0.266 e. The SMILES string of the molecule is Cc1ccc(=O)n(CCN2CCN(C(=O)c3cc(C)oc3C)CC2)n1. The predicted molar refractivity (Wildman–Crippen MR) is 93.8 cm³/mol. The number of aromatic nitrogens is 2. The molecule has 3 heterocycles. The van der Waals surface area contributed by atoms with Gasteiger partial charge in [0.25, 0.3) is 11.5 Å². The van der Waals surface area contributed by atoms with Gasteiger partial charge in [0.1, 0.15) is 11.5 Å². The van der Waals surface area contributed by atoms with E-state index < -0.39 is 0 Å². The van der Waals surface area contributed by atoms with Crippen molar-refractivity contribution in [1.29, 1.82) is 0 Å². The topological polar surface area (TPSA) is 71.6 Å². The fourth-order valence-electron chi connectivity index (χ4n) is 3.14. The first-order chi connectivity index (χ1) is 11.9. The molecule has 3 rings (SSSR count). The lowest BCUT2D eigenvalue weighted by Gasteiger charge is -2.34. The first-order valence-corrected chi connectivity index (χ1v) is 8.57. The van der Waals surface area contributed by atoms with E-state index in [0.717, 1.165) is 31.1 Å². The van der Waals surface area contributed by atoms with Crippen molar-refractivity contribution in [1.82, 2.24) is 19.6 Å². The van der Waals surface area contributed by atoms with Crippen molar-refractivity contribution in [2.45, 2.75) is 27.3 Å². The lowest BCUT2D eigenvalue weighted by molar-refractivity contribution is 0.0629. The minimum absolute atomic E-state index is 0.0329. The first kappa shape index (κ1) is 17.4. The van der Waals surface area contributed by atoms with E-state index in [4.69, 9.17) is 4.42 Å². The fourth-order valence-corrected chi connectivity index (χ4v) is 3.14. The largest absolute Gasteiger partial charge is 0.466 e. The first-order valence-electron chi connectivity index (χ1n) is 8.57. The van der Waals surface area contributed by atoms with Gasteiger partial charge in [0.05, 0.1) is 17.8 Å². The van der Waals surface area contributed by atoms with Crippen LogP contribution in [-0.4, -0.2) is 58.2 Å². The van der Waals surface area contributed by atoms with Crippen LogP contribution in [-0.2, 0) is 6.54 Å². The molecule has 0 aromatic carbocycles. The number of furan rings is 1. The molecule has 7 nitrogen and oxygen atoms in total. The normalized spacial score (nSPS) is 15.6. The predicted octanol–water partition coefficient (Wildman–Crippen LogP) is 1.22. The third-order valence-electron chi connectivity index (χ3n) is 4.56. The standard InChI is InChI=1S/C18H24N4O3/c1-13-4-5-17(23)22(19-13)11-8-20-6-9-21(10-7-20)18(24)16-12-14(2)25-15(16)3/h4-5,12H,6-11H2,1-3H3. The highest BCUT2D eigenvalue weighted by Crippen LogP contribution is 2.17. The molecule has 1 aliphatic rings. The minimum Gasteiger partial charge on any atom is -0.466 e. The molecule has 0 N–H and O–H groups in total. The molecule has 0 radical (unpaired) electrons. The van der Waals surface area contributed by atoms with Gasteiger partial charge in [-0.3, -0.25) is 14.5 Å². The van der Waals surface area contributed by atoms with Crippen LogP contribution in [0.25, 0.3) is 0 Å². The molecule has 1 fully saturated rings. The van der Waals surface area contributed by atoms with Crippen molar-refractivity contribution in [3.63, 3.8) is 0 Å². The van der Waals surface area contributed by atoms with Gasteiger partial charge in [-0.2, -0.15) is 5.10 Å². The van der Waals surface area contributed by atoms with Crippen LogP contribution in [0.3, 0.4) is 0 Å². The molecular formula is C18H24N4O3. The molecule has 1 saturated heterocycles. The summed E-state index contributed by atoms with van der Waals surface area (Å²) >= 11 is 0. The fraction of sp³-hybridized carbons (Fsp3) is 0.500. The van der Waals surface area contributed by atoms with Gasteiger partial charge in [0.15, 0.2) is 0 Å². The molecule has 0 aliphatic carbocycles. The van der Waals surface area contributed by atoms with Crippen LogP contribution in [0.2, 0.25) is 0 Å². The molecular weight excluding hydrogens is 320 g/mol. The molecule has 7 heteroatoms. The summed E-state index contributed by atoms with van der Waals surface area (Å²) in [5, 5.41) is 4.25. The highest BCUT2D eigenvalue weighted by Gasteiger charge is 2.24. The van der Waals surface area contributed by atoms with Gasteiger partial charge in [-0.25, -0.2) is 4.68 Å². The number of rotatable bonds is 4. The van der Waals surface area contributed by atoms with Gasteiger partial charge in [-0.15, -0.1) is 0 Å². The van der Waals surface area contributed by atoms with Gasteiger partial charge in [0, 0.05) is 38.8 Å². The third-order valence-corrected chi connectivity index (χ3v) is 4.56. The van der Waals surface area contributed by atoms with E-state index in [0.29, 0.717) is 31.0 Å². The Bertz CT molecular complexity index is 816. The van der Waals surface area contributed by atoms with Gasteiger partial charge < -0.3 is 9.32 Å². The van der Waals surface area contributed by atoms with Crippen LogP contribution in [0.5, 0.6) is 0 Å². The van der Waals surface area contributed by atoms with Crippen molar-refractivity contribution < 1.29 is 9.21 Å². The van der Waals surface area contributed by atoms with E-state index in [-0.39, 0.29) is 11.5 Å². The zero-order valence-electron chi connectivity index (χ0n) is 15.0. The molecule has 0 spiro atoms. The summed E-state index contributed by atoms with van der Waals surface area (Å²) in [5.41, 5.74) is 1.41. The summed E-state index contributed by atoms with van der Waals surface area (Å²) in [6.07, 6.45) is 0. The van der Waals surface area contributed by atoms with Gasteiger partial charge in [-0.1, -0.05) is 0 Å². The zero-order chi connectivity index (χ0) is 18.0. The number of piperazine rings is 1. The second-order valence-electron chi connectivity index (χ2n) is 6.50. The smallest absolute Gasteiger partial charge is 0.266 e. The number of nitrogens with zero attached hydrogens (tertiary/aromatic N) is 4. The van der Waals surface area contributed by atoms with Crippen LogP contribution < -0.4 is 5.56 Å². The summed E-state index contributed by atoms with van der Waals surface area (Å²) in [4.78, 5) is 28.5. The summed E-state index contributed by atoms with van der Waals surface area (Å²) in [5.74, 6) is 1.47. The Morgan fingerprint density at radius 3 is 2.48 bits per heavy atom. The molecule has 0 bridgehead atoms. The number of aryl methyl sites for hydroxylation is 3. The Hall–Kier alpha value is -2.41. The van der Waals surface area contributed by atoms with E-state index in [1.165, 1.54) is 4.68 Å². The molecule has 0 unspecified atom stereocenters. The molecule has 1 amide bonds.